The molecule has 3 nitrogen and oxygen atoms in total. The van der Waals surface area contributed by atoms with Gasteiger partial charge < -0.3 is 14.4 Å². The third-order valence-corrected chi connectivity index (χ3v) is 23.0. The molecule has 1 aromatic heterocycles. The zero-order valence-electron chi connectivity index (χ0n) is 60.3. The van der Waals surface area contributed by atoms with E-state index in [4.69, 9.17) is 0 Å². The minimum atomic E-state index is -0.277. The minimum Gasteiger partial charge on any atom is -0.310 e. The van der Waals surface area contributed by atoms with Crippen LogP contribution in [0.3, 0.4) is 0 Å². The number of para-hydroxylation sites is 2. The maximum absolute atomic E-state index is 2.72. The van der Waals surface area contributed by atoms with E-state index in [1.165, 1.54) is 70.6 Å². The predicted octanol–water partition coefficient (Wildman–Crippen LogP) is 26.4. The van der Waals surface area contributed by atoms with Gasteiger partial charge >= 0.3 is 0 Å². The number of nitrogens with zero attached hydrogens (tertiary/aromatic N) is 3. The average Bonchev–Trinajstić information content (AvgIpc) is 0.719. The minimum absolute atomic E-state index is 0.0731. The van der Waals surface area contributed by atoms with Crippen molar-refractivity contribution in [3.8, 4) is 94.7 Å². The van der Waals surface area contributed by atoms with Crippen molar-refractivity contribution < 1.29 is 0 Å². The highest BCUT2D eigenvalue weighted by atomic mass is 15.2. The SMILES string of the molecule is CC(C)(C)c1ccc(-c2cc3c4c(c2)N(c2c(-c5ccccc5)cc(-c5ccccc5)cc2-c2ccccc2)c2cc(-n5c6ccccc6c6ccccc65)ccc2B4c2ccc(-c4ccc5ccc6cccc7ccc4c5c67)cc2N3c2c(-c3ccccc3)cc(-c3ccccc3)cc2-c2ccccc2)cc1. The molecule has 506 valence electrons. The van der Waals surface area contributed by atoms with Crippen LogP contribution in [0.1, 0.15) is 26.3 Å². The summed E-state index contributed by atoms with van der Waals surface area (Å²) in [7, 11) is 0. The molecule has 19 aromatic rings. The molecule has 2 aliphatic rings. The molecule has 0 saturated heterocycles. The van der Waals surface area contributed by atoms with E-state index >= 15 is 0 Å². The summed E-state index contributed by atoms with van der Waals surface area (Å²) in [5, 5.41) is 10.0. The van der Waals surface area contributed by atoms with Gasteiger partial charge in [-0.2, -0.15) is 0 Å². The smallest absolute Gasteiger partial charge is 0.252 e. The Balaban J connectivity index is 0.949. The number of anilines is 6. The van der Waals surface area contributed by atoms with Gasteiger partial charge in [0.05, 0.1) is 22.4 Å². The van der Waals surface area contributed by atoms with Gasteiger partial charge in [0.15, 0.2) is 0 Å². The summed E-state index contributed by atoms with van der Waals surface area (Å²) in [5.74, 6) is 0. The van der Waals surface area contributed by atoms with Crippen molar-refractivity contribution >= 4 is 111 Å². The van der Waals surface area contributed by atoms with Crippen molar-refractivity contribution in [1.82, 2.24) is 4.57 Å². The van der Waals surface area contributed by atoms with Gasteiger partial charge in [0, 0.05) is 61.5 Å². The largest absolute Gasteiger partial charge is 0.310 e. The van der Waals surface area contributed by atoms with Crippen LogP contribution in [-0.2, 0) is 5.41 Å². The molecular weight excluding hydrogens is 1300 g/mol. The van der Waals surface area contributed by atoms with Crippen molar-refractivity contribution in [1.29, 1.82) is 0 Å². The molecule has 21 rings (SSSR count). The molecule has 108 heavy (non-hydrogen) atoms. The van der Waals surface area contributed by atoms with E-state index in [0.717, 1.165) is 134 Å². The quantitative estimate of drug-likeness (QED) is 0.0944. The monoisotopic (exact) mass is 1370 g/mol. The Hall–Kier alpha value is -13.5. The molecule has 0 bridgehead atoms. The van der Waals surface area contributed by atoms with E-state index in [9.17, 15) is 0 Å². The Morgan fingerprint density at radius 2 is 0.611 bits per heavy atom. The highest BCUT2D eigenvalue weighted by Gasteiger charge is 2.46. The molecule has 3 heterocycles. The summed E-state index contributed by atoms with van der Waals surface area (Å²) in [6, 6.07) is 145. The van der Waals surface area contributed by atoms with Crippen LogP contribution in [-0.4, -0.2) is 11.3 Å². The summed E-state index contributed by atoms with van der Waals surface area (Å²) in [4.78, 5) is 5.44. The second-order valence-electron chi connectivity index (χ2n) is 30.3. The van der Waals surface area contributed by atoms with E-state index in [1.807, 2.05) is 0 Å². The van der Waals surface area contributed by atoms with Gasteiger partial charge in [-0.05, 0) is 193 Å². The normalized spacial score (nSPS) is 12.5. The molecule has 0 unspecified atom stereocenters. The zero-order chi connectivity index (χ0) is 71.7. The fourth-order valence-electron chi connectivity index (χ4n) is 18.0. The van der Waals surface area contributed by atoms with Crippen molar-refractivity contribution in [2.45, 2.75) is 26.2 Å². The van der Waals surface area contributed by atoms with E-state index in [1.54, 1.807) is 0 Å². The van der Waals surface area contributed by atoms with Gasteiger partial charge in [0.2, 0.25) is 0 Å². The van der Waals surface area contributed by atoms with Gasteiger partial charge in [0.25, 0.3) is 6.71 Å². The van der Waals surface area contributed by atoms with Gasteiger partial charge in [-0.15, -0.1) is 0 Å². The van der Waals surface area contributed by atoms with Gasteiger partial charge in [0.1, 0.15) is 0 Å². The fraction of sp³-hybridized carbons (Fsp3) is 0.0385. The zero-order valence-corrected chi connectivity index (χ0v) is 60.3. The molecule has 0 aliphatic carbocycles. The topological polar surface area (TPSA) is 11.4 Å². The maximum atomic E-state index is 2.72. The van der Waals surface area contributed by atoms with Gasteiger partial charge in [-0.3, -0.25) is 0 Å². The Bertz CT molecular complexity index is 6550. The molecule has 18 aromatic carbocycles. The second kappa shape index (κ2) is 25.1. The number of aromatic nitrogens is 1. The van der Waals surface area contributed by atoms with Crippen molar-refractivity contribution in [3.05, 3.63) is 388 Å². The molecule has 0 radical (unpaired) electrons. The maximum Gasteiger partial charge on any atom is 0.252 e. The van der Waals surface area contributed by atoms with E-state index in [-0.39, 0.29) is 12.1 Å². The standard InChI is InChI=1S/C104H72BN3/c1-104(2,3)81-52-47-69(48-53-81)80-64-97-101-98(65-80)108(103-89(72-35-18-8-19-36-72)61-79(68-29-12-5-13-30-68)62-90(103)73-37-20-9-21-38-73)96-66-82(106-93-43-24-22-41-84(93)85-42-23-25-44-94(85)106)54-58-92(96)105(101)91-57-51-77(83-55-49-76-46-45-74-39-26-40-75-50-56-86(83)100(76)99(74)75)63-95(91)107(97)102-87(70-31-14-6-15-32-70)59-78(67-27-10-4-11-28-67)60-88(102)71-33-16-7-17-34-71/h4-66H,1-3H3. The number of benzene rings is 18. The average molecular weight is 1370 g/mol. The summed E-state index contributed by atoms with van der Waals surface area (Å²) in [5.41, 5.74) is 33.1. The summed E-state index contributed by atoms with van der Waals surface area (Å²) in [6.45, 7) is 6.67. The molecule has 0 atom stereocenters. The fourth-order valence-corrected chi connectivity index (χ4v) is 18.0. The highest BCUT2D eigenvalue weighted by Crippen LogP contribution is 2.56. The Morgan fingerprint density at radius 1 is 0.241 bits per heavy atom. The van der Waals surface area contributed by atoms with Crippen LogP contribution in [0.4, 0.5) is 34.1 Å². The Kier molecular flexibility index (Phi) is 14.6. The van der Waals surface area contributed by atoms with Crippen molar-refractivity contribution in [2.75, 3.05) is 9.80 Å². The van der Waals surface area contributed by atoms with Gasteiger partial charge in [-0.1, -0.05) is 336 Å². The molecule has 0 amide bonds. The second-order valence-corrected chi connectivity index (χ2v) is 30.3. The highest BCUT2D eigenvalue weighted by molar-refractivity contribution is 7.00. The van der Waals surface area contributed by atoms with Crippen LogP contribution in [0.25, 0.3) is 149 Å². The van der Waals surface area contributed by atoms with E-state index in [0.29, 0.717) is 0 Å². The van der Waals surface area contributed by atoms with Crippen LogP contribution in [0, 0.1) is 0 Å². The summed E-state index contributed by atoms with van der Waals surface area (Å²) >= 11 is 0. The lowest BCUT2D eigenvalue weighted by atomic mass is 9.33. The lowest BCUT2D eigenvalue weighted by molar-refractivity contribution is 0.590. The van der Waals surface area contributed by atoms with E-state index in [2.05, 4.69) is 417 Å². The third kappa shape index (κ3) is 10.2. The summed E-state index contributed by atoms with van der Waals surface area (Å²) in [6.07, 6.45) is 0. The Labute approximate surface area is 630 Å². The number of hydrogen-bond donors (Lipinski definition) is 0. The number of rotatable bonds is 11. The molecule has 0 spiro atoms. The molecule has 0 fully saturated rings. The molecule has 0 N–H and O–H groups in total. The van der Waals surface area contributed by atoms with E-state index < -0.39 is 0 Å². The molecular formula is C104H72BN3. The third-order valence-electron chi connectivity index (χ3n) is 23.0. The van der Waals surface area contributed by atoms with Crippen LogP contribution < -0.4 is 26.2 Å². The molecule has 2 aliphatic heterocycles. The van der Waals surface area contributed by atoms with Crippen LogP contribution >= 0.6 is 0 Å². The summed E-state index contributed by atoms with van der Waals surface area (Å²) < 4.78 is 2.50. The molecule has 0 saturated carbocycles. The first kappa shape index (κ1) is 63.0. The van der Waals surface area contributed by atoms with Crippen LogP contribution in [0.5, 0.6) is 0 Å². The van der Waals surface area contributed by atoms with Gasteiger partial charge in [-0.25, -0.2) is 0 Å². The predicted molar refractivity (Wildman–Crippen MR) is 461 cm³/mol. The first-order valence-electron chi connectivity index (χ1n) is 37.7. The van der Waals surface area contributed by atoms with Crippen molar-refractivity contribution in [3.63, 3.8) is 0 Å². The Morgan fingerprint density at radius 3 is 1.08 bits per heavy atom. The first-order chi connectivity index (χ1) is 53.2. The number of fused-ring (bicyclic) bond motifs is 7. The lowest BCUT2D eigenvalue weighted by Gasteiger charge is -2.46. The lowest BCUT2D eigenvalue weighted by Crippen LogP contribution is -2.61. The number of hydrogen-bond acceptors (Lipinski definition) is 2. The van der Waals surface area contributed by atoms with Crippen molar-refractivity contribution in [2.24, 2.45) is 0 Å². The first-order valence-corrected chi connectivity index (χ1v) is 37.7. The van der Waals surface area contributed by atoms with Crippen LogP contribution in [0.2, 0.25) is 0 Å². The van der Waals surface area contributed by atoms with Crippen LogP contribution in [0.15, 0.2) is 382 Å². The molecule has 4 heteroatoms.